The van der Waals surface area contributed by atoms with Crippen LogP contribution in [0.3, 0.4) is 0 Å². The van der Waals surface area contributed by atoms with E-state index in [-0.39, 0.29) is 11.9 Å². The van der Waals surface area contributed by atoms with Crippen molar-refractivity contribution in [2.45, 2.75) is 82.3 Å². The molecule has 2 fully saturated rings. The fourth-order valence-corrected chi connectivity index (χ4v) is 5.97. The Kier molecular flexibility index (Phi) is 6.99. The van der Waals surface area contributed by atoms with Crippen molar-refractivity contribution >= 4 is 5.91 Å². The van der Waals surface area contributed by atoms with Gasteiger partial charge < -0.3 is 20.1 Å². The van der Waals surface area contributed by atoms with E-state index in [9.17, 15) is 9.90 Å². The number of aliphatic hydroxyl groups is 1. The first-order valence-corrected chi connectivity index (χ1v) is 12.0. The molecular weight excluding hydrogens is 376 g/mol. The lowest BCUT2D eigenvalue weighted by Gasteiger charge is -2.43. The fourth-order valence-electron chi connectivity index (χ4n) is 5.97. The van der Waals surface area contributed by atoms with E-state index < -0.39 is 5.60 Å². The van der Waals surface area contributed by atoms with Crippen molar-refractivity contribution in [3.05, 3.63) is 29.3 Å². The minimum absolute atomic E-state index is 0.109. The highest BCUT2D eigenvalue weighted by molar-refractivity contribution is 5.79. The molecule has 4 rings (SSSR count). The molecule has 3 aliphatic rings. The molecule has 2 N–H and O–H groups in total. The Morgan fingerprint density at radius 2 is 1.90 bits per heavy atom. The van der Waals surface area contributed by atoms with Gasteiger partial charge in [-0.15, -0.1) is 0 Å². The van der Waals surface area contributed by atoms with Crippen LogP contribution in [0.1, 0.15) is 81.4 Å². The summed E-state index contributed by atoms with van der Waals surface area (Å²) in [5, 5.41) is 14.0. The number of carbonyl (C=O) groups excluding carboxylic acids is 1. The van der Waals surface area contributed by atoms with Crippen molar-refractivity contribution in [3.63, 3.8) is 0 Å². The monoisotopic (exact) mass is 414 g/mol. The molecule has 1 amide bonds. The topological polar surface area (TPSA) is 61.8 Å². The molecule has 0 radical (unpaired) electrons. The van der Waals surface area contributed by atoms with Gasteiger partial charge in [-0.25, -0.2) is 0 Å². The third-order valence-corrected chi connectivity index (χ3v) is 7.56. The molecule has 5 heteroatoms. The number of hydrogen-bond acceptors (Lipinski definition) is 4. The maximum atomic E-state index is 13.3. The number of fused-ring (bicyclic) bond motifs is 1. The van der Waals surface area contributed by atoms with Crippen molar-refractivity contribution in [3.8, 4) is 5.75 Å². The van der Waals surface area contributed by atoms with Gasteiger partial charge in [0.2, 0.25) is 5.91 Å². The zero-order valence-corrected chi connectivity index (χ0v) is 18.5. The Labute approximate surface area is 181 Å². The van der Waals surface area contributed by atoms with Crippen LogP contribution in [0.4, 0.5) is 0 Å². The highest BCUT2D eigenvalue weighted by Crippen LogP contribution is 2.45. The molecule has 0 saturated heterocycles. The Morgan fingerprint density at radius 1 is 1.17 bits per heavy atom. The largest absolute Gasteiger partial charge is 0.496 e. The summed E-state index contributed by atoms with van der Waals surface area (Å²) in [6.07, 6.45) is 12.1. The number of carbonyl (C=O) groups is 1. The quantitative estimate of drug-likeness (QED) is 0.739. The van der Waals surface area contributed by atoms with E-state index in [0.29, 0.717) is 19.0 Å². The summed E-state index contributed by atoms with van der Waals surface area (Å²) in [5.41, 5.74) is 1.93. The van der Waals surface area contributed by atoms with Gasteiger partial charge in [0.1, 0.15) is 5.75 Å². The smallest absolute Gasteiger partial charge is 0.237 e. The molecule has 30 heavy (non-hydrogen) atoms. The molecular formula is C25H38N2O3. The number of nitrogens with one attached hydrogen (secondary N) is 1. The fraction of sp³-hybridized carbons (Fsp3) is 0.720. The molecule has 1 aromatic carbocycles. The van der Waals surface area contributed by atoms with Crippen molar-refractivity contribution in [2.24, 2.45) is 5.92 Å². The van der Waals surface area contributed by atoms with Gasteiger partial charge in [-0.05, 0) is 49.7 Å². The molecule has 1 aromatic rings. The normalized spacial score (nSPS) is 24.3. The summed E-state index contributed by atoms with van der Waals surface area (Å²) in [7, 11) is 1.74. The molecule has 2 saturated carbocycles. The second-order valence-corrected chi connectivity index (χ2v) is 9.60. The first kappa shape index (κ1) is 21.6. The predicted octanol–water partition coefficient (Wildman–Crippen LogP) is 3.99. The van der Waals surface area contributed by atoms with Crippen molar-refractivity contribution in [1.82, 2.24) is 10.2 Å². The van der Waals surface area contributed by atoms with Crippen LogP contribution in [0.5, 0.6) is 5.75 Å². The second kappa shape index (κ2) is 9.69. The van der Waals surface area contributed by atoms with Crippen LogP contribution < -0.4 is 10.1 Å². The van der Waals surface area contributed by atoms with E-state index in [1.807, 2.05) is 6.07 Å². The van der Waals surface area contributed by atoms with E-state index in [1.54, 1.807) is 7.11 Å². The molecule has 166 valence electrons. The summed E-state index contributed by atoms with van der Waals surface area (Å²) in [4.78, 5) is 15.5. The minimum atomic E-state index is -0.640. The van der Waals surface area contributed by atoms with E-state index in [0.717, 1.165) is 44.4 Å². The van der Waals surface area contributed by atoms with Gasteiger partial charge >= 0.3 is 0 Å². The van der Waals surface area contributed by atoms with Gasteiger partial charge in [-0.1, -0.05) is 50.7 Å². The van der Waals surface area contributed by atoms with Crippen LogP contribution in [0.25, 0.3) is 0 Å². The summed E-state index contributed by atoms with van der Waals surface area (Å²) < 4.78 is 5.75. The average Bonchev–Trinajstić information content (AvgIpc) is 2.78. The lowest BCUT2D eigenvalue weighted by Crippen LogP contribution is -2.49. The van der Waals surface area contributed by atoms with E-state index in [4.69, 9.17) is 4.74 Å². The molecule has 0 bridgehead atoms. The number of amides is 1. The maximum Gasteiger partial charge on any atom is 0.237 e. The zero-order chi connectivity index (χ0) is 21.0. The lowest BCUT2D eigenvalue weighted by atomic mass is 9.77. The Hall–Kier alpha value is -1.59. The minimum Gasteiger partial charge on any atom is -0.496 e. The van der Waals surface area contributed by atoms with E-state index in [2.05, 4.69) is 22.3 Å². The number of ether oxygens (including phenoxy) is 1. The van der Waals surface area contributed by atoms with Gasteiger partial charge in [-0.3, -0.25) is 4.79 Å². The zero-order valence-electron chi connectivity index (χ0n) is 18.5. The first-order valence-electron chi connectivity index (χ1n) is 12.0. The molecule has 5 nitrogen and oxygen atoms in total. The molecule has 2 aliphatic carbocycles. The number of rotatable bonds is 6. The van der Waals surface area contributed by atoms with Gasteiger partial charge in [0.25, 0.3) is 0 Å². The summed E-state index contributed by atoms with van der Waals surface area (Å²) in [6, 6.07) is 6.42. The van der Waals surface area contributed by atoms with Gasteiger partial charge in [0.05, 0.1) is 25.3 Å². The predicted molar refractivity (Wildman–Crippen MR) is 119 cm³/mol. The Morgan fingerprint density at radius 3 is 2.63 bits per heavy atom. The first-order chi connectivity index (χ1) is 14.6. The number of nitrogens with zero attached hydrogens (tertiary/aromatic N) is 1. The number of hydrogen-bond donors (Lipinski definition) is 2. The third kappa shape index (κ3) is 4.67. The van der Waals surface area contributed by atoms with Gasteiger partial charge in [0, 0.05) is 18.7 Å². The summed E-state index contributed by atoms with van der Waals surface area (Å²) in [5.74, 6) is 1.58. The molecule has 1 atom stereocenters. The summed E-state index contributed by atoms with van der Waals surface area (Å²) in [6.45, 7) is 1.59. The highest BCUT2D eigenvalue weighted by atomic mass is 16.5. The van der Waals surface area contributed by atoms with Gasteiger partial charge in [-0.2, -0.15) is 0 Å². The van der Waals surface area contributed by atoms with Crippen LogP contribution in [0, 0.1) is 5.92 Å². The summed E-state index contributed by atoms with van der Waals surface area (Å²) >= 11 is 0. The van der Waals surface area contributed by atoms with E-state index >= 15 is 0 Å². The second-order valence-electron chi connectivity index (χ2n) is 9.60. The lowest BCUT2D eigenvalue weighted by molar-refractivity contribution is -0.135. The molecule has 1 aliphatic heterocycles. The van der Waals surface area contributed by atoms with Crippen molar-refractivity contribution < 1.29 is 14.6 Å². The van der Waals surface area contributed by atoms with Gasteiger partial charge in [0.15, 0.2) is 0 Å². The maximum absolute atomic E-state index is 13.3. The van der Waals surface area contributed by atoms with Crippen molar-refractivity contribution in [1.29, 1.82) is 0 Å². The Balaban J connectivity index is 1.49. The molecule has 0 spiro atoms. The standard InChI is InChI=1S/C25H38N2O3/c1-30-21-12-8-11-19-13-16-27(24(23(19)21)20-9-4-2-5-10-20)22(28)17-26-18-25(29)14-6-3-7-15-25/h8,11-12,20,24,26,29H,2-7,9-10,13-18H2,1H3. The van der Waals surface area contributed by atoms with Crippen LogP contribution in [-0.2, 0) is 11.2 Å². The number of benzene rings is 1. The Bertz CT molecular complexity index is 709. The van der Waals surface area contributed by atoms with Crippen LogP contribution in [0.15, 0.2) is 18.2 Å². The number of methoxy groups -OCH3 is 1. The molecule has 1 unspecified atom stereocenters. The highest BCUT2D eigenvalue weighted by Gasteiger charge is 2.38. The van der Waals surface area contributed by atoms with Crippen LogP contribution in [0.2, 0.25) is 0 Å². The molecule has 1 heterocycles. The van der Waals surface area contributed by atoms with Crippen molar-refractivity contribution in [2.75, 3.05) is 26.7 Å². The average molecular weight is 415 g/mol. The van der Waals surface area contributed by atoms with E-state index in [1.165, 1.54) is 49.7 Å². The van der Waals surface area contributed by atoms with Crippen LogP contribution >= 0.6 is 0 Å². The molecule has 0 aromatic heterocycles. The third-order valence-electron chi connectivity index (χ3n) is 7.56. The van der Waals surface area contributed by atoms with Crippen LogP contribution in [-0.4, -0.2) is 48.3 Å². The SMILES string of the molecule is COc1cccc2c1C(C1CCCCC1)N(C(=O)CNCC1(O)CCCCC1)CC2.